The Balaban J connectivity index is 1.91. The predicted molar refractivity (Wildman–Crippen MR) is 63.3 cm³/mol. The lowest BCUT2D eigenvalue weighted by Crippen LogP contribution is -2.25. The molecule has 1 aliphatic carbocycles. The van der Waals surface area contributed by atoms with Gasteiger partial charge in [0.2, 0.25) is 0 Å². The zero-order chi connectivity index (χ0) is 11.7. The van der Waals surface area contributed by atoms with Gasteiger partial charge in [-0.3, -0.25) is 4.98 Å². The Morgan fingerprint density at radius 3 is 3.00 bits per heavy atom. The van der Waals surface area contributed by atoms with Crippen LogP contribution in [0.2, 0.25) is 0 Å². The first-order chi connectivity index (χ1) is 8.33. The van der Waals surface area contributed by atoms with Gasteiger partial charge in [-0.15, -0.1) is 0 Å². The van der Waals surface area contributed by atoms with Crippen LogP contribution >= 0.6 is 0 Å². The van der Waals surface area contributed by atoms with Gasteiger partial charge < -0.3 is 10.6 Å². The molecule has 0 spiro atoms. The van der Waals surface area contributed by atoms with Gasteiger partial charge in [0.15, 0.2) is 5.96 Å². The SMILES string of the molecule is Fc1cnc2c(c1)CCCC2N=C1NCCN1. The Hall–Kier alpha value is -1.65. The van der Waals surface area contributed by atoms with Gasteiger partial charge in [0.1, 0.15) is 5.82 Å². The summed E-state index contributed by atoms with van der Waals surface area (Å²) in [7, 11) is 0. The highest BCUT2D eigenvalue weighted by Crippen LogP contribution is 2.31. The van der Waals surface area contributed by atoms with E-state index in [-0.39, 0.29) is 11.9 Å². The van der Waals surface area contributed by atoms with Crippen LogP contribution in [0.15, 0.2) is 17.3 Å². The lowest BCUT2D eigenvalue weighted by molar-refractivity contribution is 0.540. The van der Waals surface area contributed by atoms with Crippen LogP contribution < -0.4 is 10.6 Å². The van der Waals surface area contributed by atoms with Gasteiger partial charge in [0.25, 0.3) is 0 Å². The minimum absolute atomic E-state index is 0.0625. The van der Waals surface area contributed by atoms with Gasteiger partial charge in [-0.05, 0) is 30.9 Å². The number of rotatable bonds is 1. The van der Waals surface area contributed by atoms with E-state index < -0.39 is 0 Å². The molecule has 3 rings (SSSR count). The second kappa shape index (κ2) is 4.31. The smallest absolute Gasteiger partial charge is 0.192 e. The van der Waals surface area contributed by atoms with Crippen LogP contribution in [0.1, 0.15) is 30.1 Å². The molecule has 4 nitrogen and oxygen atoms in total. The van der Waals surface area contributed by atoms with E-state index in [1.165, 1.54) is 6.20 Å². The molecule has 1 fully saturated rings. The Morgan fingerprint density at radius 1 is 1.35 bits per heavy atom. The standard InChI is InChI=1S/C12H15FN4/c13-9-6-8-2-1-3-10(11(8)16-7-9)17-12-14-4-5-15-12/h6-7,10H,1-5H2,(H2,14,15,17). The molecule has 1 atom stereocenters. The Labute approximate surface area is 99.4 Å². The number of hydrogen-bond donors (Lipinski definition) is 2. The number of aryl methyl sites for hydroxylation is 1. The van der Waals surface area contributed by atoms with Gasteiger partial charge in [-0.1, -0.05) is 0 Å². The van der Waals surface area contributed by atoms with Gasteiger partial charge >= 0.3 is 0 Å². The average Bonchev–Trinajstić information content (AvgIpc) is 2.82. The predicted octanol–water partition coefficient (Wildman–Crippen LogP) is 1.15. The van der Waals surface area contributed by atoms with E-state index in [4.69, 9.17) is 0 Å². The van der Waals surface area contributed by atoms with Crippen LogP contribution in [0.25, 0.3) is 0 Å². The minimum Gasteiger partial charge on any atom is -0.355 e. The molecule has 0 bridgehead atoms. The molecule has 1 saturated heterocycles. The van der Waals surface area contributed by atoms with Crippen molar-refractivity contribution in [1.29, 1.82) is 0 Å². The average molecular weight is 234 g/mol. The molecule has 2 N–H and O–H groups in total. The van der Waals surface area contributed by atoms with Crippen molar-refractivity contribution in [2.75, 3.05) is 13.1 Å². The molecular weight excluding hydrogens is 219 g/mol. The lowest BCUT2D eigenvalue weighted by atomic mass is 9.92. The summed E-state index contributed by atoms with van der Waals surface area (Å²) < 4.78 is 13.1. The highest BCUT2D eigenvalue weighted by Gasteiger charge is 2.22. The summed E-state index contributed by atoms with van der Waals surface area (Å²) in [4.78, 5) is 8.82. The number of aromatic nitrogens is 1. The number of pyridine rings is 1. The minimum atomic E-state index is -0.255. The third kappa shape index (κ3) is 2.09. The van der Waals surface area contributed by atoms with Crippen molar-refractivity contribution in [3.05, 3.63) is 29.3 Å². The van der Waals surface area contributed by atoms with Crippen molar-refractivity contribution < 1.29 is 4.39 Å². The molecule has 1 aromatic rings. The molecule has 1 unspecified atom stereocenters. The molecule has 1 aliphatic heterocycles. The molecule has 0 radical (unpaired) electrons. The Kier molecular flexibility index (Phi) is 2.66. The third-order valence-electron chi connectivity index (χ3n) is 3.20. The summed E-state index contributed by atoms with van der Waals surface area (Å²) in [6.45, 7) is 1.82. The van der Waals surface area contributed by atoms with E-state index in [0.29, 0.717) is 0 Å². The number of guanidine groups is 1. The first-order valence-electron chi connectivity index (χ1n) is 6.03. The van der Waals surface area contributed by atoms with Gasteiger partial charge in [0, 0.05) is 13.1 Å². The van der Waals surface area contributed by atoms with Crippen molar-refractivity contribution in [2.45, 2.75) is 25.3 Å². The van der Waals surface area contributed by atoms with Crippen LogP contribution in [-0.2, 0) is 6.42 Å². The van der Waals surface area contributed by atoms with Gasteiger partial charge in [0.05, 0.1) is 17.9 Å². The zero-order valence-electron chi connectivity index (χ0n) is 9.54. The fourth-order valence-corrected chi connectivity index (χ4v) is 2.41. The zero-order valence-corrected chi connectivity index (χ0v) is 9.54. The van der Waals surface area contributed by atoms with Gasteiger partial charge in [-0.25, -0.2) is 9.38 Å². The number of aliphatic imine (C=N–C) groups is 1. The molecule has 1 aromatic heterocycles. The maximum absolute atomic E-state index is 13.1. The summed E-state index contributed by atoms with van der Waals surface area (Å²) >= 11 is 0. The van der Waals surface area contributed by atoms with Crippen molar-refractivity contribution in [3.8, 4) is 0 Å². The third-order valence-corrected chi connectivity index (χ3v) is 3.20. The number of fused-ring (bicyclic) bond motifs is 1. The summed E-state index contributed by atoms with van der Waals surface area (Å²) in [6.07, 6.45) is 4.22. The molecule has 90 valence electrons. The van der Waals surface area contributed by atoms with E-state index >= 15 is 0 Å². The Bertz CT molecular complexity index is 450. The normalized spacial score (nSPS) is 22.6. The van der Waals surface area contributed by atoms with E-state index in [9.17, 15) is 4.39 Å². The van der Waals surface area contributed by atoms with E-state index in [1.54, 1.807) is 6.07 Å². The molecule has 0 aromatic carbocycles. The maximum atomic E-state index is 13.1. The molecule has 2 aliphatic rings. The second-order valence-electron chi connectivity index (χ2n) is 4.44. The van der Waals surface area contributed by atoms with Crippen LogP contribution in [-0.4, -0.2) is 24.0 Å². The number of nitrogens with zero attached hydrogens (tertiary/aromatic N) is 2. The molecular formula is C12H15FN4. The topological polar surface area (TPSA) is 49.3 Å². The first kappa shape index (κ1) is 10.5. The fourth-order valence-electron chi connectivity index (χ4n) is 2.41. The van der Waals surface area contributed by atoms with E-state index in [0.717, 1.165) is 49.6 Å². The first-order valence-corrected chi connectivity index (χ1v) is 6.03. The van der Waals surface area contributed by atoms with Crippen molar-refractivity contribution in [2.24, 2.45) is 4.99 Å². The largest absolute Gasteiger partial charge is 0.355 e. The summed E-state index contributed by atoms with van der Waals surface area (Å²) in [5, 5.41) is 6.37. The molecule has 0 amide bonds. The number of hydrogen-bond acceptors (Lipinski definition) is 2. The summed E-state index contributed by atoms with van der Waals surface area (Å²) in [5.74, 6) is 0.586. The quantitative estimate of drug-likeness (QED) is 0.766. The number of halogens is 1. The lowest BCUT2D eigenvalue weighted by Gasteiger charge is -2.21. The summed E-state index contributed by atoms with van der Waals surface area (Å²) in [5.41, 5.74) is 1.93. The highest BCUT2D eigenvalue weighted by atomic mass is 19.1. The highest BCUT2D eigenvalue weighted by molar-refractivity contribution is 5.81. The summed E-state index contributed by atoms with van der Waals surface area (Å²) in [6, 6.07) is 1.65. The van der Waals surface area contributed by atoms with Crippen LogP contribution in [0.5, 0.6) is 0 Å². The van der Waals surface area contributed by atoms with Crippen LogP contribution in [0, 0.1) is 5.82 Å². The van der Waals surface area contributed by atoms with Crippen molar-refractivity contribution in [3.63, 3.8) is 0 Å². The monoisotopic (exact) mass is 234 g/mol. The Morgan fingerprint density at radius 2 is 2.18 bits per heavy atom. The fraction of sp³-hybridized carbons (Fsp3) is 0.500. The number of nitrogens with one attached hydrogen (secondary N) is 2. The van der Waals surface area contributed by atoms with Crippen molar-refractivity contribution >= 4 is 5.96 Å². The maximum Gasteiger partial charge on any atom is 0.192 e. The van der Waals surface area contributed by atoms with Crippen LogP contribution in [0.4, 0.5) is 4.39 Å². The second-order valence-corrected chi connectivity index (χ2v) is 4.44. The van der Waals surface area contributed by atoms with Crippen LogP contribution in [0.3, 0.4) is 0 Å². The van der Waals surface area contributed by atoms with E-state index in [2.05, 4.69) is 20.6 Å². The molecule has 2 heterocycles. The molecule has 0 saturated carbocycles. The molecule has 17 heavy (non-hydrogen) atoms. The van der Waals surface area contributed by atoms with Gasteiger partial charge in [-0.2, -0.15) is 0 Å². The van der Waals surface area contributed by atoms with Crippen molar-refractivity contribution in [1.82, 2.24) is 15.6 Å². The molecule has 5 heteroatoms. The van der Waals surface area contributed by atoms with E-state index in [1.807, 2.05) is 0 Å².